The maximum Gasteiger partial charge on any atom is 0.0786 e. The third-order valence-corrected chi connectivity index (χ3v) is 5.37. The number of hydrogen-bond acceptors (Lipinski definition) is 2. The van der Waals surface area contributed by atoms with Gasteiger partial charge in [0.1, 0.15) is 0 Å². The number of quaternary nitrogens is 1. The Bertz CT molecular complexity index is 467. The minimum atomic E-state index is -1.24. The summed E-state index contributed by atoms with van der Waals surface area (Å²) in [7, 11) is 0. The van der Waals surface area contributed by atoms with Gasteiger partial charge in [0.2, 0.25) is 0 Å². The van der Waals surface area contributed by atoms with Crippen molar-refractivity contribution in [1.82, 2.24) is 0 Å². The third-order valence-electron chi connectivity index (χ3n) is 5.04. The molecule has 0 amide bonds. The number of carboxylic acids is 1. The van der Waals surface area contributed by atoms with Crippen molar-refractivity contribution in [3.8, 4) is 0 Å². The Hall–Kier alpha value is -1.06. The molecule has 0 aromatic heterocycles. The monoisotopic (exact) mass is 397 g/mol. The molecule has 0 bridgehead atoms. The van der Waals surface area contributed by atoms with Crippen LogP contribution >= 0.6 is 11.6 Å². The molecule has 0 atom stereocenters. The Labute approximate surface area is 172 Å². The van der Waals surface area contributed by atoms with Crippen molar-refractivity contribution >= 4 is 17.6 Å². The minimum absolute atomic E-state index is 0.0316. The average Bonchev–Trinajstić information content (AvgIpc) is 2.67. The van der Waals surface area contributed by atoms with Crippen LogP contribution in [0.4, 0.5) is 0 Å². The predicted molar refractivity (Wildman–Crippen MR) is 115 cm³/mol. The number of nitrogens with zero attached hydrogens (tertiary/aromatic N) is 1. The average molecular weight is 398 g/mol. The summed E-state index contributed by atoms with van der Waals surface area (Å²) < 4.78 is 1.42. The fourth-order valence-electron chi connectivity index (χ4n) is 3.27. The Balaban J connectivity index is 0.000000569. The van der Waals surface area contributed by atoms with Crippen LogP contribution in [0.15, 0.2) is 24.3 Å². The Morgan fingerprint density at radius 2 is 1.19 bits per heavy atom. The van der Waals surface area contributed by atoms with Gasteiger partial charge in [0.15, 0.2) is 0 Å². The second-order valence-corrected chi connectivity index (χ2v) is 7.82. The molecular weight excluding hydrogens is 358 g/mol. The number of unbranched alkanes of at least 4 members (excludes halogenated alkanes) is 4. The van der Waals surface area contributed by atoms with Gasteiger partial charge in [0, 0.05) is 10.6 Å². The lowest BCUT2D eigenvalue weighted by atomic mass is 10.1. The van der Waals surface area contributed by atoms with E-state index in [9.17, 15) is 9.90 Å². The van der Waals surface area contributed by atoms with Crippen molar-refractivity contribution in [3.05, 3.63) is 34.9 Å². The third kappa shape index (κ3) is 11.4. The number of rotatable bonds is 13. The number of carboxylic acid groups (broad SMARTS) is 1. The van der Waals surface area contributed by atoms with E-state index in [2.05, 4.69) is 27.7 Å². The molecule has 0 aliphatic heterocycles. The first-order chi connectivity index (χ1) is 13.0. The Morgan fingerprint density at radius 3 is 1.44 bits per heavy atom. The molecular formula is C23H40ClNO2. The predicted octanol–water partition coefficient (Wildman–Crippen LogP) is 5.71. The summed E-state index contributed by atoms with van der Waals surface area (Å²) in [6, 6.07) is 6.16. The lowest BCUT2D eigenvalue weighted by Gasteiger charge is -2.39. The summed E-state index contributed by atoms with van der Waals surface area (Å²) in [5.41, 5.74) is 0.0316. The lowest BCUT2D eigenvalue weighted by Crippen LogP contribution is -2.50. The second kappa shape index (κ2) is 15.9. The molecule has 27 heavy (non-hydrogen) atoms. The molecule has 0 spiro atoms. The van der Waals surface area contributed by atoms with Crippen LogP contribution in [0, 0.1) is 0 Å². The number of hydrogen-bond donors (Lipinski definition) is 0. The van der Waals surface area contributed by atoms with Gasteiger partial charge in [-0.25, -0.2) is 0 Å². The highest BCUT2D eigenvalue weighted by molar-refractivity contribution is 6.33. The van der Waals surface area contributed by atoms with Crippen LogP contribution < -0.4 is 5.11 Å². The molecule has 1 aromatic rings. The molecule has 0 heterocycles. The molecule has 0 N–H and O–H groups in total. The largest absolute Gasteiger partial charge is 0.545 e. The molecule has 0 aliphatic rings. The Morgan fingerprint density at radius 1 is 0.815 bits per heavy atom. The van der Waals surface area contributed by atoms with Crippen molar-refractivity contribution in [2.45, 2.75) is 79.1 Å². The normalized spacial score (nSPS) is 11.0. The highest BCUT2D eigenvalue weighted by Crippen LogP contribution is 2.16. The van der Waals surface area contributed by atoms with Crippen LogP contribution in [-0.2, 0) is 0 Å². The van der Waals surface area contributed by atoms with Gasteiger partial charge in [0.25, 0.3) is 0 Å². The van der Waals surface area contributed by atoms with E-state index in [1.807, 2.05) is 0 Å². The van der Waals surface area contributed by atoms with E-state index in [1.54, 1.807) is 12.1 Å². The fourth-order valence-corrected chi connectivity index (χ4v) is 3.48. The topological polar surface area (TPSA) is 40.1 Å². The molecule has 1 rings (SSSR count). The maximum atomic E-state index is 10.2. The van der Waals surface area contributed by atoms with Gasteiger partial charge >= 0.3 is 0 Å². The first-order valence-electron chi connectivity index (χ1n) is 10.8. The number of benzene rings is 1. The van der Waals surface area contributed by atoms with E-state index in [4.69, 9.17) is 11.6 Å². The quantitative estimate of drug-likeness (QED) is 0.400. The van der Waals surface area contributed by atoms with Gasteiger partial charge in [-0.05, 0) is 31.7 Å². The summed E-state index contributed by atoms with van der Waals surface area (Å²) in [5.74, 6) is -1.24. The summed E-state index contributed by atoms with van der Waals surface area (Å²) in [5, 5.41) is 10.4. The van der Waals surface area contributed by atoms with Crippen molar-refractivity contribution in [1.29, 1.82) is 0 Å². The van der Waals surface area contributed by atoms with E-state index in [0.29, 0.717) is 0 Å². The van der Waals surface area contributed by atoms with Gasteiger partial charge in [-0.2, -0.15) is 0 Å². The van der Waals surface area contributed by atoms with Crippen LogP contribution in [-0.4, -0.2) is 36.6 Å². The number of aromatic carboxylic acids is 1. The van der Waals surface area contributed by atoms with Crippen LogP contribution in [0.3, 0.4) is 0 Å². The van der Waals surface area contributed by atoms with Gasteiger partial charge in [-0.1, -0.05) is 83.2 Å². The highest BCUT2D eigenvalue weighted by Gasteiger charge is 2.24. The zero-order valence-electron chi connectivity index (χ0n) is 17.9. The molecule has 0 saturated heterocycles. The molecule has 0 fully saturated rings. The van der Waals surface area contributed by atoms with Crippen LogP contribution in [0.2, 0.25) is 5.02 Å². The molecule has 0 aliphatic carbocycles. The first kappa shape index (κ1) is 25.9. The van der Waals surface area contributed by atoms with Crippen molar-refractivity contribution in [2.24, 2.45) is 0 Å². The highest BCUT2D eigenvalue weighted by atomic mass is 35.5. The van der Waals surface area contributed by atoms with Crippen molar-refractivity contribution in [3.63, 3.8) is 0 Å². The van der Waals surface area contributed by atoms with E-state index < -0.39 is 5.97 Å². The van der Waals surface area contributed by atoms with Crippen molar-refractivity contribution < 1.29 is 14.4 Å². The van der Waals surface area contributed by atoms with Gasteiger partial charge in [0.05, 0.1) is 32.1 Å². The number of carbonyl (C=O) groups excluding carboxylic acids is 1. The van der Waals surface area contributed by atoms with Gasteiger partial charge < -0.3 is 14.4 Å². The van der Waals surface area contributed by atoms with Gasteiger partial charge in [-0.3, -0.25) is 0 Å². The van der Waals surface area contributed by atoms with Crippen LogP contribution in [0.1, 0.15) is 89.4 Å². The standard InChI is InChI=1S/C16H36N.C7H5ClO2/c1-5-9-13-17(14-10-6-2,15-11-7-3)16-12-8-4;8-6-4-2-1-3-5(6)7(9)10/h5-16H2,1-4H3;1-4H,(H,9,10)/q+1;/p-1. The SMILES string of the molecule is CCCC[N+](CCCC)(CCCC)CCCC.O=C([O-])c1ccccc1Cl. The lowest BCUT2D eigenvalue weighted by molar-refractivity contribution is -0.929. The zero-order valence-corrected chi connectivity index (χ0v) is 18.7. The number of halogens is 1. The van der Waals surface area contributed by atoms with Crippen molar-refractivity contribution in [2.75, 3.05) is 26.2 Å². The zero-order chi connectivity index (χ0) is 20.5. The summed E-state index contributed by atoms with van der Waals surface area (Å²) in [6.45, 7) is 15.0. The number of carbonyl (C=O) groups is 1. The molecule has 156 valence electrons. The smallest absolute Gasteiger partial charge is 0.0786 e. The molecule has 0 unspecified atom stereocenters. The molecule has 4 heteroatoms. The fraction of sp³-hybridized carbons (Fsp3) is 0.696. The molecule has 0 radical (unpaired) electrons. The first-order valence-corrected chi connectivity index (χ1v) is 11.1. The summed E-state index contributed by atoms with van der Waals surface area (Å²) >= 11 is 5.50. The Kier molecular flexibility index (Phi) is 15.3. The van der Waals surface area contributed by atoms with Crippen LogP contribution in [0.25, 0.3) is 0 Å². The summed E-state index contributed by atoms with van der Waals surface area (Å²) in [6.07, 6.45) is 11.1. The van der Waals surface area contributed by atoms with Gasteiger partial charge in [-0.15, -0.1) is 0 Å². The van der Waals surface area contributed by atoms with E-state index in [-0.39, 0.29) is 10.6 Å². The van der Waals surface area contributed by atoms with E-state index in [0.717, 1.165) is 0 Å². The summed E-state index contributed by atoms with van der Waals surface area (Å²) in [4.78, 5) is 10.2. The molecule has 1 aromatic carbocycles. The minimum Gasteiger partial charge on any atom is -0.545 e. The van der Waals surface area contributed by atoms with E-state index >= 15 is 0 Å². The maximum absolute atomic E-state index is 10.2. The molecule has 3 nitrogen and oxygen atoms in total. The van der Waals surface area contributed by atoms with Crippen LogP contribution in [0.5, 0.6) is 0 Å². The molecule has 0 saturated carbocycles. The van der Waals surface area contributed by atoms with E-state index in [1.165, 1.54) is 94.2 Å². The second-order valence-electron chi connectivity index (χ2n) is 7.42.